The van der Waals surface area contributed by atoms with Gasteiger partial charge in [0.25, 0.3) is 0 Å². The van der Waals surface area contributed by atoms with Crippen molar-refractivity contribution in [1.29, 1.82) is 0 Å². The Kier molecular flexibility index (Phi) is 5.31. The number of methoxy groups -OCH3 is 1. The molecule has 1 saturated carbocycles. The molecule has 0 aromatic heterocycles. The van der Waals surface area contributed by atoms with Gasteiger partial charge in [0.15, 0.2) is 0 Å². The molecule has 1 aliphatic rings. The first-order chi connectivity index (χ1) is 9.63. The lowest BCUT2D eigenvalue weighted by Crippen LogP contribution is -2.04. The van der Waals surface area contributed by atoms with Crippen LogP contribution in [0.3, 0.4) is 0 Å². The molecule has 1 aromatic carbocycles. The Bertz CT molecular complexity index is 548. The lowest BCUT2D eigenvalue weighted by Gasteiger charge is -2.08. The van der Waals surface area contributed by atoms with Gasteiger partial charge in [-0.25, -0.2) is 0 Å². The maximum absolute atomic E-state index is 10.8. The van der Waals surface area contributed by atoms with Crippen LogP contribution in [0.15, 0.2) is 34.7 Å². The molecule has 0 spiro atoms. The van der Waals surface area contributed by atoms with E-state index in [9.17, 15) is 8.42 Å². The van der Waals surface area contributed by atoms with Crippen LogP contribution in [0.4, 0.5) is 0 Å². The van der Waals surface area contributed by atoms with E-state index in [0.717, 1.165) is 19.3 Å². The largest absolute Gasteiger partial charge is 0.382 e. The van der Waals surface area contributed by atoms with Crippen molar-refractivity contribution in [1.82, 2.24) is 0 Å². The third-order valence-corrected chi connectivity index (χ3v) is 4.49. The number of hydrogen-bond acceptors (Lipinski definition) is 4. The Morgan fingerprint density at radius 3 is 2.60 bits per heavy atom. The molecule has 2 rings (SSSR count). The van der Waals surface area contributed by atoms with Gasteiger partial charge >= 0.3 is 10.5 Å². The normalized spacial score (nSPS) is 26.0. The molecule has 0 saturated heterocycles. The zero-order chi connectivity index (χ0) is 14.5. The zero-order valence-electron chi connectivity index (χ0n) is 11.9. The molecule has 0 radical (unpaired) electrons. The molecule has 4 unspecified atom stereocenters. The van der Waals surface area contributed by atoms with Crippen molar-refractivity contribution in [2.24, 2.45) is 10.3 Å². The highest BCUT2D eigenvalue weighted by molar-refractivity contribution is 7.61. The van der Waals surface area contributed by atoms with Gasteiger partial charge in [-0.15, -0.1) is 0 Å². The Balaban J connectivity index is 1.98. The van der Waals surface area contributed by atoms with Crippen molar-refractivity contribution < 1.29 is 13.2 Å². The van der Waals surface area contributed by atoms with E-state index < -0.39 is 10.5 Å². The summed E-state index contributed by atoms with van der Waals surface area (Å²) in [7, 11) is -0.598. The summed E-state index contributed by atoms with van der Waals surface area (Å²) in [6.07, 6.45) is 3.30. The van der Waals surface area contributed by atoms with Crippen molar-refractivity contribution in [3.05, 3.63) is 35.9 Å². The Morgan fingerprint density at radius 2 is 2.00 bits per heavy atom. The molecule has 1 aliphatic carbocycles. The third-order valence-electron chi connectivity index (χ3n) is 4.07. The second-order valence-corrected chi connectivity index (χ2v) is 6.04. The van der Waals surface area contributed by atoms with Crippen LogP contribution in [0.2, 0.25) is 0 Å². The smallest absolute Gasteiger partial charge is 0.311 e. The first-order valence-corrected chi connectivity index (χ1v) is 8.04. The molecule has 0 heterocycles. The van der Waals surface area contributed by atoms with E-state index in [-0.39, 0.29) is 18.1 Å². The van der Waals surface area contributed by atoms with Crippen molar-refractivity contribution in [3.8, 4) is 0 Å². The fraction of sp³-hybridized carbons (Fsp3) is 0.600. The van der Waals surface area contributed by atoms with Crippen molar-refractivity contribution in [2.75, 3.05) is 7.11 Å². The lowest BCUT2D eigenvalue weighted by atomic mass is 10.1. The number of ether oxygens (including phenoxy) is 1. The van der Waals surface area contributed by atoms with Gasteiger partial charge in [-0.3, -0.25) is 0 Å². The molecule has 5 heteroatoms. The summed E-state index contributed by atoms with van der Waals surface area (Å²) in [6, 6.07) is 9.98. The van der Waals surface area contributed by atoms with Gasteiger partial charge in [-0.05, 0) is 31.2 Å². The molecule has 4 nitrogen and oxygen atoms in total. The number of hydrogen-bond donors (Lipinski definition) is 0. The minimum atomic E-state index is -2.31. The van der Waals surface area contributed by atoms with Crippen LogP contribution in [0.5, 0.6) is 0 Å². The van der Waals surface area contributed by atoms with E-state index in [1.165, 1.54) is 5.56 Å². The second-order valence-electron chi connectivity index (χ2n) is 5.39. The maximum Gasteiger partial charge on any atom is 0.311 e. The van der Waals surface area contributed by atoms with Crippen LogP contribution in [0.1, 0.15) is 37.7 Å². The first-order valence-electron chi connectivity index (χ1n) is 7.01. The van der Waals surface area contributed by atoms with Crippen molar-refractivity contribution in [3.63, 3.8) is 0 Å². The predicted molar refractivity (Wildman–Crippen MR) is 78.1 cm³/mol. The summed E-state index contributed by atoms with van der Waals surface area (Å²) in [6.45, 7) is 2.05. The highest BCUT2D eigenvalue weighted by atomic mass is 32.2. The SMILES string of the molecule is COC(C)CCCC1C(N=S(=O)=O)C1c1ccccc1. The summed E-state index contributed by atoms with van der Waals surface area (Å²) >= 11 is 0. The molecule has 20 heavy (non-hydrogen) atoms. The van der Waals surface area contributed by atoms with Crippen LogP contribution in [0.25, 0.3) is 0 Å². The van der Waals surface area contributed by atoms with Crippen LogP contribution in [-0.2, 0) is 15.2 Å². The van der Waals surface area contributed by atoms with Crippen molar-refractivity contribution in [2.45, 2.75) is 44.2 Å². The van der Waals surface area contributed by atoms with Gasteiger partial charge in [0.2, 0.25) is 0 Å². The Labute approximate surface area is 121 Å². The standard InChI is InChI=1S/C15H21NO3S/c1-11(19-2)7-6-10-13-14(15(13)16-20(17)18)12-8-4-3-5-9-12/h3-5,8-9,11,13-15H,6-7,10H2,1-2H3. The molecule has 110 valence electrons. The van der Waals surface area contributed by atoms with Crippen LogP contribution < -0.4 is 0 Å². The van der Waals surface area contributed by atoms with E-state index in [0.29, 0.717) is 5.92 Å². The van der Waals surface area contributed by atoms with E-state index in [4.69, 9.17) is 4.74 Å². The first kappa shape index (κ1) is 15.2. The molecule has 0 N–H and O–H groups in total. The summed E-state index contributed by atoms with van der Waals surface area (Å²) in [5.41, 5.74) is 1.19. The van der Waals surface area contributed by atoms with Gasteiger partial charge in [0, 0.05) is 13.0 Å². The monoisotopic (exact) mass is 295 g/mol. The van der Waals surface area contributed by atoms with Crippen LogP contribution in [0, 0.1) is 5.92 Å². The molecule has 0 amide bonds. The topological polar surface area (TPSA) is 55.7 Å². The highest BCUT2D eigenvalue weighted by Gasteiger charge is 2.51. The number of benzene rings is 1. The summed E-state index contributed by atoms with van der Waals surface area (Å²) in [4.78, 5) is 0. The average molecular weight is 295 g/mol. The number of nitrogens with zero attached hydrogens (tertiary/aromatic N) is 1. The van der Waals surface area contributed by atoms with E-state index in [1.807, 2.05) is 18.2 Å². The Morgan fingerprint density at radius 1 is 1.30 bits per heavy atom. The molecule has 0 aliphatic heterocycles. The molecule has 4 atom stereocenters. The minimum absolute atomic E-state index is 0.0754. The van der Waals surface area contributed by atoms with E-state index in [1.54, 1.807) is 7.11 Å². The summed E-state index contributed by atoms with van der Waals surface area (Å²) in [5, 5.41) is 0. The summed E-state index contributed by atoms with van der Waals surface area (Å²) < 4.78 is 30.7. The quantitative estimate of drug-likeness (QED) is 0.777. The Hall–Kier alpha value is -1.20. The van der Waals surface area contributed by atoms with Gasteiger partial charge in [-0.2, -0.15) is 12.8 Å². The van der Waals surface area contributed by atoms with E-state index in [2.05, 4.69) is 23.4 Å². The number of rotatable bonds is 7. The predicted octanol–water partition coefficient (Wildman–Crippen LogP) is 3.04. The maximum atomic E-state index is 10.8. The van der Waals surface area contributed by atoms with Crippen LogP contribution in [-0.4, -0.2) is 27.7 Å². The second kappa shape index (κ2) is 6.99. The molecular weight excluding hydrogens is 274 g/mol. The van der Waals surface area contributed by atoms with E-state index >= 15 is 0 Å². The highest BCUT2D eigenvalue weighted by Crippen LogP contribution is 2.52. The molecular formula is C15H21NO3S. The van der Waals surface area contributed by atoms with Gasteiger partial charge in [0.05, 0.1) is 12.1 Å². The van der Waals surface area contributed by atoms with Gasteiger partial charge in [-0.1, -0.05) is 36.8 Å². The average Bonchev–Trinajstić information content (AvgIpc) is 3.11. The molecule has 1 aromatic rings. The lowest BCUT2D eigenvalue weighted by molar-refractivity contribution is 0.108. The molecule has 1 fully saturated rings. The summed E-state index contributed by atoms with van der Waals surface area (Å²) in [5.74, 6) is 0.603. The fourth-order valence-electron chi connectivity index (χ4n) is 2.83. The molecule has 0 bridgehead atoms. The third kappa shape index (κ3) is 3.90. The van der Waals surface area contributed by atoms with Gasteiger partial charge in [0.1, 0.15) is 0 Å². The van der Waals surface area contributed by atoms with Crippen molar-refractivity contribution >= 4 is 10.5 Å². The van der Waals surface area contributed by atoms with Crippen LogP contribution >= 0.6 is 0 Å². The fourth-order valence-corrected chi connectivity index (χ4v) is 3.31. The van der Waals surface area contributed by atoms with Gasteiger partial charge < -0.3 is 4.74 Å². The zero-order valence-corrected chi connectivity index (χ0v) is 12.7. The minimum Gasteiger partial charge on any atom is -0.382 e.